The minimum Gasteiger partial charge on any atom is -0.484 e. The summed E-state index contributed by atoms with van der Waals surface area (Å²) in [5.41, 5.74) is 10.6. The number of aryl methyl sites for hydroxylation is 2. The Morgan fingerprint density at radius 3 is 2.56 bits per heavy atom. The molecule has 0 bridgehead atoms. The summed E-state index contributed by atoms with van der Waals surface area (Å²) in [6.07, 6.45) is 5.06. The van der Waals surface area contributed by atoms with E-state index < -0.39 is 5.91 Å². The molecule has 1 amide bonds. The molecule has 0 saturated heterocycles. The van der Waals surface area contributed by atoms with Crippen molar-refractivity contribution in [1.82, 2.24) is 5.32 Å². The van der Waals surface area contributed by atoms with Crippen LogP contribution in [0, 0.1) is 0 Å². The Morgan fingerprint density at radius 2 is 1.84 bits per heavy atom. The van der Waals surface area contributed by atoms with Gasteiger partial charge >= 0.3 is 0 Å². The van der Waals surface area contributed by atoms with Crippen molar-refractivity contribution >= 4 is 5.91 Å². The highest BCUT2D eigenvalue weighted by Crippen LogP contribution is 2.25. The molecule has 0 saturated carbocycles. The van der Waals surface area contributed by atoms with Gasteiger partial charge in [-0.2, -0.15) is 0 Å². The SMILES string of the molecule is C[C@H](NCc1ccc(OCC(N)=O)cc1)c1ccc2c(c1)CCCC2. The number of nitrogens with two attached hydrogens (primary N) is 1. The summed E-state index contributed by atoms with van der Waals surface area (Å²) < 4.78 is 5.28. The van der Waals surface area contributed by atoms with Crippen LogP contribution < -0.4 is 15.8 Å². The first kappa shape index (κ1) is 17.5. The molecule has 3 N–H and O–H groups in total. The molecule has 4 nitrogen and oxygen atoms in total. The highest BCUT2D eigenvalue weighted by molar-refractivity contribution is 5.75. The largest absolute Gasteiger partial charge is 0.484 e. The van der Waals surface area contributed by atoms with Crippen LogP contribution in [-0.4, -0.2) is 12.5 Å². The van der Waals surface area contributed by atoms with E-state index in [0.717, 1.165) is 6.54 Å². The lowest BCUT2D eigenvalue weighted by molar-refractivity contribution is -0.119. The highest BCUT2D eigenvalue weighted by atomic mass is 16.5. The van der Waals surface area contributed by atoms with Crippen LogP contribution in [-0.2, 0) is 24.2 Å². The number of hydrogen-bond donors (Lipinski definition) is 2. The smallest absolute Gasteiger partial charge is 0.255 e. The molecule has 25 heavy (non-hydrogen) atoms. The number of hydrogen-bond acceptors (Lipinski definition) is 3. The van der Waals surface area contributed by atoms with Crippen LogP contribution in [0.15, 0.2) is 42.5 Å². The standard InChI is InChI=1S/C21H26N2O2/c1-15(18-9-8-17-4-2-3-5-19(17)12-18)23-13-16-6-10-20(11-7-16)25-14-21(22)24/h6-12,15,23H,2-5,13-14H2,1H3,(H2,22,24)/t15-/m0/s1. The maximum Gasteiger partial charge on any atom is 0.255 e. The van der Waals surface area contributed by atoms with E-state index >= 15 is 0 Å². The average molecular weight is 338 g/mol. The average Bonchev–Trinajstić information content (AvgIpc) is 2.64. The van der Waals surface area contributed by atoms with E-state index in [2.05, 4.69) is 30.4 Å². The van der Waals surface area contributed by atoms with Crippen molar-refractivity contribution in [3.63, 3.8) is 0 Å². The van der Waals surface area contributed by atoms with Crippen molar-refractivity contribution < 1.29 is 9.53 Å². The number of ether oxygens (including phenoxy) is 1. The van der Waals surface area contributed by atoms with Gasteiger partial charge in [-0.3, -0.25) is 4.79 Å². The minimum absolute atomic E-state index is 0.0903. The topological polar surface area (TPSA) is 64.3 Å². The zero-order chi connectivity index (χ0) is 17.6. The fraction of sp³-hybridized carbons (Fsp3) is 0.381. The third-order valence-corrected chi connectivity index (χ3v) is 4.79. The molecular weight excluding hydrogens is 312 g/mol. The predicted octanol–water partition coefficient (Wildman–Crippen LogP) is 3.28. The molecule has 0 spiro atoms. The number of carbonyl (C=O) groups excluding carboxylic acids is 1. The quantitative estimate of drug-likeness (QED) is 0.814. The summed E-state index contributed by atoms with van der Waals surface area (Å²) >= 11 is 0. The molecule has 2 aromatic rings. The number of fused-ring (bicyclic) bond motifs is 1. The second-order valence-corrected chi connectivity index (χ2v) is 6.74. The maximum absolute atomic E-state index is 10.7. The van der Waals surface area contributed by atoms with Gasteiger partial charge < -0.3 is 15.8 Å². The molecule has 132 valence electrons. The molecule has 0 heterocycles. The molecule has 1 aliphatic carbocycles. The van der Waals surface area contributed by atoms with Crippen molar-refractivity contribution in [3.8, 4) is 5.75 Å². The number of benzene rings is 2. The van der Waals surface area contributed by atoms with Crippen molar-refractivity contribution in [2.45, 2.75) is 45.2 Å². The van der Waals surface area contributed by atoms with Gasteiger partial charge in [0, 0.05) is 12.6 Å². The maximum atomic E-state index is 10.7. The van der Waals surface area contributed by atoms with Gasteiger partial charge in [-0.15, -0.1) is 0 Å². The second-order valence-electron chi connectivity index (χ2n) is 6.74. The van der Waals surface area contributed by atoms with Crippen molar-refractivity contribution in [2.24, 2.45) is 5.73 Å². The van der Waals surface area contributed by atoms with E-state index in [1.54, 1.807) is 0 Å². The van der Waals surface area contributed by atoms with Gasteiger partial charge in [-0.25, -0.2) is 0 Å². The van der Waals surface area contributed by atoms with Gasteiger partial charge in [0.25, 0.3) is 5.91 Å². The molecule has 0 fully saturated rings. The summed E-state index contributed by atoms with van der Waals surface area (Å²) in [6.45, 7) is 2.90. The third kappa shape index (κ3) is 4.83. The van der Waals surface area contributed by atoms with E-state index in [0.29, 0.717) is 11.8 Å². The first-order valence-electron chi connectivity index (χ1n) is 8.97. The van der Waals surface area contributed by atoms with Crippen LogP contribution in [0.5, 0.6) is 5.75 Å². The Hall–Kier alpha value is -2.33. The van der Waals surface area contributed by atoms with Crippen molar-refractivity contribution in [2.75, 3.05) is 6.61 Å². The van der Waals surface area contributed by atoms with E-state index in [1.165, 1.54) is 47.9 Å². The highest BCUT2D eigenvalue weighted by Gasteiger charge is 2.12. The number of primary amides is 1. The third-order valence-electron chi connectivity index (χ3n) is 4.79. The van der Waals surface area contributed by atoms with Crippen LogP contribution in [0.4, 0.5) is 0 Å². The second kappa shape index (κ2) is 8.17. The summed E-state index contributed by atoms with van der Waals surface area (Å²) in [5, 5.41) is 3.58. The normalized spacial score (nSPS) is 14.6. The zero-order valence-corrected chi connectivity index (χ0v) is 14.8. The Kier molecular flexibility index (Phi) is 5.71. The van der Waals surface area contributed by atoms with Gasteiger partial charge in [-0.05, 0) is 67.0 Å². The molecule has 0 aliphatic heterocycles. The molecule has 3 rings (SSSR count). The first-order valence-corrected chi connectivity index (χ1v) is 8.97. The van der Waals surface area contributed by atoms with E-state index in [1.807, 2.05) is 24.3 Å². The molecule has 1 aliphatic rings. The summed E-state index contributed by atoms with van der Waals surface area (Å²) in [4.78, 5) is 10.7. The number of nitrogens with one attached hydrogen (secondary N) is 1. The van der Waals surface area contributed by atoms with Gasteiger partial charge in [0.2, 0.25) is 0 Å². The molecule has 0 radical (unpaired) electrons. The monoisotopic (exact) mass is 338 g/mol. The van der Waals surface area contributed by atoms with Crippen LogP contribution in [0.3, 0.4) is 0 Å². The Morgan fingerprint density at radius 1 is 1.12 bits per heavy atom. The van der Waals surface area contributed by atoms with Gasteiger partial charge in [0.1, 0.15) is 5.75 Å². The lowest BCUT2D eigenvalue weighted by atomic mass is 9.89. The number of rotatable bonds is 7. The van der Waals surface area contributed by atoms with Gasteiger partial charge in [0.15, 0.2) is 6.61 Å². The van der Waals surface area contributed by atoms with Crippen LogP contribution in [0.2, 0.25) is 0 Å². The Bertz CT molecular complexity index is 725. The van der Waals surface area contributed by atoms with Gasteiger partial charge in [0.05, 0.1) is 0 Å². The van der Waals surface area contributed by atoms with E-state index in [4.69, 9.17) is 10.5 Å². The predicted molar refractivity (Wildman–Crippen MR) is 99.5 cm³/mol. The summed E-state index contributed by atoms with van der Waals surface area (Å²) in [7, 11) is 0. The minimum atomic E-state index is -0.468. The molecular formula is C21H26N2O2. The molecule has 4 heteroatoms. The zero-order valence-electron chi connectivity index (χ0n) is 14.8. The van der Waals surface area contributed by atoms with E-state index in [9.17, 15) is 4.79 Å². The fourth-order valence-electron chi connectivity index (χ4n) is 3.27. The van der Waals surface area contributed by atoms with Crippen LogP contribution in [0.1, 0.15) is 48.1 Å². The Labute approximate surface area is 149 Å². The summed E-state index contributed by atoms with van der Waals surface area (Å²) in [6, 6.07) is 15.0. The van der Waals surface area contributed by atoms with Crippen molar-refractivity contribution in [3.05, 3.63) is 64.7 Å². The van der Waals surface area contributed by atoms with Crippen molar-refractivity contribution in [1.29, 1.82) is 0 Å². The molecule has 1 atom stereocenters. The molecule has 0 unspecified atom stereocenters. The Balaban J connectivity index is 1.55. The van der Waals surface area contributed by atoms with Crippen LogP contribution in [0.25, 0.3) is 0 Å². The lowest BCUT2D eigenvalue weighted by Gasteiger charge is -2.20. The fourth-order valence-corrected chi connectivity index (χ4v) is 3.27. The lowest BCUT2D eigenvalue weighted by Crippen LogP contribution is -2.20. The first-order chi connectivity index (χ1) is 12.1. The summed E-state index contributed by atoms with van der Waals surface area (Å²) in [5.74, 6) is 0.190. The number of carbonyl (C=O) groups is 1. The van der Waals surface area contributed by atoms with Gasteiger partial charge in [-0.1, -0.05) is 30.3 Å². The molecule has 0 aromatic heterocycles. The van der Waals surface area contributed by atoms with E-state index in [-0.39, 0.29) is 6.61 Å². The van der Waals surface area contributed by atoms with Crippen LogP contribution >= 0.6 is 0 Å². The molecule has 2 aromatic carbocycles. The number of amides is 1.